The molecule has 2 aromatic rings. The van der Waals surface area contributed by atoms with Gasteiger partial charge in [0.05, 0.1) is 11.3 Å². The second kappa shape index (κ2) is 8.98. The zero-order valence-corrected chi connectivity index (χ0v) is 14.1. The summed E-state index contributed by atoms with van der Waals surface area (Å²) in [6.45, 7) is 1.92. The third kappa shape index (κ3) is 5.62. The number of anilines is 1. The molecule has 128 valence electrons. The molecule has 1 aromatic carbocycles. The van der Waals surface area contributed by atoms with Gasteiger partial charge in [-0.25, -0.2) is 4.39 Å². The first-order valence-corrected chi connectivity index (χ1v) is 7.91. The van der Waals surface area contributed by atoms with E-state index in [9.17, 15) is 9.18 Å². The Hall–Kier alpha value is -2.47. The summed E-state index contributed by atoms with van der Waals surface area (Å²) in [5, 5.41) is 6.02. The molecule has 0 saturated carbocycles. The van der Waals surface area contributed by atoms with Crippen molar-refractivity contribution in [2.75, 3.05) is 39.0 Å². The van der Waals surface area contributed by atoms with Crippen molar-refractivity contribution < 1.29 is 9.18 Å². The Morgan fingerprint density at radius 2 is 2.00 bits per heavy atom. The topological polar surface area (TPSA) is 57.3 Å². The van der Waals surface area contributed by atoms with Gasteiger partial charge in [-0.1, -0.05) is 18.2 Å². The van der Waals surface area contributed by atoms with Crippen molar-refractivity contribution in [3.63, 3.8) is 0 Å². The lowest BCUT2D eigenvalue weighted by molar-refractivity contribution is 0.0950. The van der Waals surface area contributed by atoms with Gasteiger partial charge in [0, 0.05) is 32.0 Å². The van der Waals surface area contributed by atoms with Gasteiger partial charge in [0.15, 0.2) is 0 Å². The number of hydrogen-bond acceptors (Lipinski definition) is 4. The number of benzene rings is 1. The zero-order valence-electron chi connectivity index (χ0n) is 14.1. The lowest BCUT2D eigenvalue weighted by atomic mass is 10.1. The highest BCUT2D eigenvalue weighted by Gasteiger charge is 2.07. The molecule has 0 aliphatic rings. The van der Waals surface area contributed by atoms with Crippen molar-refractivity contribution >= 4 is 11.6 Å². The second-order valence-corrected chi connectivity index (χ2v) is 5.79. The fourth-order valence-corrected chi connectivity index (χ4v) is 2.20. The minimum atomic E-state index is -0.202. The summed E-state index contributed by atoms with van der Waals surface area (Å²) in [7, 11) is 3.90. The van der Waals surface area contributed by atoms with Gasteiger partial charge >= 0.3 is 0 Å². The number of nitrogens with zero attached hydrogens (tertiary/aromatic N) is 2. The Bertz CT molecular complexity index is 676. The van der Waals surface area contributed by atoms with E-state index in [0.717, 1.165) is 12.2 Å². The van der Waals surface area contributed by atoms with Crippen molar-refractivity contribution in [2.24, 2.45) is 0 Å². The summed E-state index contributed by atoms with van der Waals surface area (Å²) in [6.07, 6.45) is 3.75. The van der Waals surface area contributed by atoms with E-state index >= 15 is 0 Å². The standard InChI is InChI=1S/C18H23FN4O/c1-23(2)10-9-22-18(24)15-11-16(13-20-12-15)21-8-7-14-5-3-4-6-17(14)19/h3-6,11-13,21H,7-10H2,1-2H3,(H,22,24). The van der Waals surface area contributed by atoms with Crippen LogP contribution in [-0.2, 0) is 6.42 Å². The molecule has 24 heavy (non-hydrogen) atoms. The molecule has 0 fully saturated rings. The molecule has 0 saturated heterocycles. The number of rotatable bonds is 8. The van der Waals surface area contributed by atoms with Crippen LogP contribution in [0.4, 0.5) is 10.1 Å². The van der Waals surface area contributed by atoms with Gasteiger partial charge in [0.1, 0.15) is 5.82 Å². The van der Waals surface area contributed by atoms with E-state index in [2.05, 4.69) is 15.6 Å². The van der Waals surface area contributed by atoms with E-state index in [-0.39, 0.29) is 11.7 Å². The lowest BCUT2D eigenvalue weighted by Gasteiger charge is -2.11. The number of hydrogen-bond donors (Lipinski definition) is 2. The van der Waals surface area contributed by atoms with Gasteiger partial charge in [-0.3, -0.25) is 9.78 Å². The monoisotopic (exact) mass is 330 g/mol. The van der Waals surface area contributed by atoms with Crippen LogP contribution in [0.5, 0.6) is 0 Å². The molecule has 0 aliphatic carbocycles. The highest BCUT2D eigenvalue weighted by molar-refractivity contribution is 5.94. The van der Waals surface area contributed by atoms with Crippen molar-refractivity contribution in [2.45, 2.75) is 6.42 Å². The zero-order chi connectivity index (χ0) is 17.4. The normalized spacial score (nSPS) is 10.7. The molecule has 0 atom stereocenters. The highest BCUT2D eigenvalue weighted by Crippen LogP contribution is 2.10. The molecule has 0 bridgehead atoms. The van der Waals surface area contributed by atoms with Crippen LogP contribution in [0.1, 0.15) is 15.9 Å². The molecule has 0 spiro atoms. The van der Waals surface area contributed by atoms with Crippen molar-refractivity contribution in [3.8, 4) is 0 Å². The van der Waals surface area contributed by atoms with E-state index in [1.807, 2.05) is 25.1 Å². The molecule has 2 N–H and O–H groups in total. The molecular formula is C18H23FN4O. The Kier molecular flexibility index (Phi) is 6.69. The number of nitrogens with one attached hydrogen (secondary N) is 2. The summed E-state index contributed by atoms with van der Waals surface area (Å²) in [5.74, 6) is -0.353. The van der Waals surface area contributed by atoms with Gasteiger partial charge < -0.3 is 15.5 Å². The lowest BCUT2D eigenvalue weighted by Crippen LogP contribution is -2.31. The Labute approximate surface area is 141 Å². The largest absolute Gasteiger partial charge is 0.383 e. The first-order chi connectivity index (χ1) is 11.6. The maximum Gasteiger partial charge on any atom is 0.252 e. The summed E-state index contributed by atoms with van der Waals surface area (Å²) < 4.78 is 13.6. The van der Waals surface area contributed by atoms with Crippen molar-refractivity contribution in [1.29, 1.82) is 0 Å². The number of carbonyl (C=O) groups is 1. The molecule has 0 radical (unpaired) electrons. The number of aromatic nitrogens is 1. The van der Waals surface area contributed by atoms with Gasteiger partial charge in [0.2, 0.25) is 0 Å². The van der Waals surface area contributed by atoms with Crippen LogP contribution in [0.25, 0.3) is 0 Å². The Balaban J connectivity index is 1.86. The van der Waals surface area contributed by atoms with Crippen LogP contribution in [0.15, 0.2) is 42.7 Å². The van der Waals surface area contributed by atoms with Crippen LogP contribution in [0, 0.1) is 5.82 Å². The number of pyridine rings is 1. The Morgan fingerprint density at radius 1 is 1.21 bits per heavy atom. The van der Waals surface area contributed by atoms with Gasteiger partial charge in [0.25, 0.3) is 5.91 Å². The molecule has 2 rings (SSSR count). The van der Waals surface area contributed by atoms with E-state index in [0.29, 0.717) is 30.6 Å². The Morgan fingerprint density at radius 3 is 2.75 bits per heavy atom. The minimum Gasteiger partial charge on any atom is -0.383 e. The quantitative estimate of drug-likeness (QED) is 0.779. The SMILES string of the molecule is CN(C)CCNC(=O)c1cncc(NCCc2ccccc2F)c1. The highest BCUT2D eigenvalue weighted by atomic mass is 19.1. The summed E-state index contributed by atoms with van der Waals surface area (Å²) in [5.41, 5.74) is 1.91. The smallest absolute Gasteiger partial charge is 0.252 e. The first-order valence-electron chi connectivity index (χ1n) is 7.91. The van der Waals surface area contributed by atoms with Crippen LogP contribution in [0.3, 0.4) is 0 Å². The van der Waals surface area contributed by atoms with Crippen LogP contribution < -0.4 is 10.6 Å². The second-order valence-electron chi connectivity index (χ2n) is 5.79. The molecule has 0 aliphatic heterocycles. The van der Waals surface area contributed by atoms with Crippen molar-refractivity contribution in [1.82, 2.24) is 15.2 Å². The van der Waals surface area contributed by atoms with E-state index in [1.165, 1.54) is 12.3 Å². The molecule has 1 aromatic heterocycles. The summed E-state index contributed by atoms with van der Waals surface area (Å²) in [6, 6.07) is 8.46. The number of halogens is 1. The maximum atomic E-state index is 13.6. The van der Waals surface area contributed by atoms with Crippen LogP contribution in [0.2, 0.25) is 0 Å². The maximum absolute atomic E-state index is 13.6. The van der Waals surface area contributed by atoms with E-state index in [4.69, 9.17) is 0 Å². The van der Waals surface area contributed by atoms with E-state index < -0.39 is 0 Å². The third-order valence-electron chi connectivity index (χ3n) is 3.53. The predicted molar refractivity (Wildman–Crippen MR) is 93.7 cm³/mol. The molecule has 6 heteroatoms. The molecular weight excluding hydrogens is 307 g/mol. The van der Waals surface area contributed by atoms with Gasteiger partial charge in [-0.15, -0.1) is 0 Å². The average Bonchev–Trinajstić information content (AvgIpc) is 2.56. The molecule has 5 nitrogen and oxygen atoms in total. The molecule has 1 amide bonds. The van der Waals surface area contributed by atoms with Crippen LogP contribution >= 0.6 is 0 Å². The molecule has 1 heterocycles. The van der Waals surface area contributed by atoms with Crippen LogP contribution in [-0.4, -0.2) is 49.5 Å². The summed E-state index contributed by atoms with van der Waals surface area (Å²) >= 11 is 0. The first kappa shape index (κ1) is 17.9. The number of amides is 1. The van der Waals surface area contributed by atoms with Crippen molar-refractivity contribution in [3.05, 3.63) is 59.7 Å². The predicted octanol–water partition coefficient (Wildman–Crippen LogP) is 2.17. The molecule has 0 unspecified atom stereocenters. The minimum absolute atomic E-state index is 0.151. The fraction of sp³-hybridized carbons (Fsp3) is 0.333. The number of carbonyl (C=O) groups excluding carboxylic acids is 1. The van der Waals surface area contributed by atoms with E-state index in [1.54, 1.807) is 24.4 Å². The summed E-state index contributed by atoms with van der Waals surface area (Å²) in [4.78, 5) is 18.2. The number of likely N-dealkylation sites (N-methyl/N-ethyl adjacent to an activating group) is 1. The fourth-order valence-electron chi connectivity index (χ4n) is 2.20. The van der Waals surface area contributed by atoms with Gasteiger partial charge in [-0.05, 0) is 38.2 Å². The third-order valence-corrected chi connectivity index (χ3v) is 3.53. The van der Waals surface area contributed by atoms with Gasteiger partial charge in [-0.2, -0.15) is 0 Å². The average molecular weight is 330 g/mol.